The third kappa shape index (κ3) is 4.14. The van der Waals surface area contributed by atoms with Crippen molar-refractivity contribution in [3.63, 3.8) is 0 Å². The molecule has 0 atom stereocenters. The Morgan fingerprint density at radius 2 is 1.90 bits per heavy atom. The van der Waals surface area contributed by atoms with Gasteiger partial charge in [0.1, 0.15) is 5.75 Å². The maximum absolute atomic E-state index is 12.3. The third-order valence-electron chi connectivity index (χ3n) is 4.39. The number of ether oxygens (including phenoxy) is 1. The number of aromatic nitrogens is 4. The molecule has 0 aliphatic rings. The van der Waals surface area contributed by atoms with E-state index in [1.54, 1.807) is 17.7 Å². The minimum Gasteiger partial charge on any atom is -0.497 e. The van der Waals surface area contributed by atoms with Crippen molar-refractivity contribution < 1.29 is 9.53 Å². The van der Waals surface area contributed by atoms with Crippen LogP contribution in [0.3, 0.4) is 0 Å². The average Bonchev–Trinajstić information content (AvgIpc) is 3.13. The van der Waals surface area contributed by atoms with E-state index in [0.717, 1.165) is 28.4 Å². The van der Waals surface area contributed by atoms with Gasteiger partial charge >= 0.3 is 0 Å². The zero-order valence-corrected chi connectivity index (χ0v) is 16.0. The molecule has 144 valence electrons. The first-order valence-corrected chi connectivity index (χ1v) is 9.05. The Morgan fingerprint density at radius 1 is 1.07 bits per heavy atom. The number of anilines is 1. The van der Waals surface area contributed by atoms with E-state index in [1.165, 1.54) is 6.08 Å². The molecule has 2 aromatic heterocycles. The van der Waals surface area contributed by atoms with Gasteiger partial charge in [0.25, 0.3) is 0 Å². The molecular weight excluding hydrogens is 366 g/mol. The van der Waals surface area contributed by atoms with E-state index in [9.17, 15) is 4.79 Å². The van der Waals surface area contributed by atoms with Gasteiger partial charge in [-0.3, -0.25) is 4.79 Å². The first-order chi connectivity index (χ1) is 14.1. The van der Waals surface area contributed by atoms with Crippen LogP contribution in [0.2, 0.25) is 0 Å². The fraction of sp³-hybridized carbons (Fsp3) is 0.0909. The number of carbonyl (C=O) groups is 1. The van der Waals surface area contributed by atoms with Gasteiger partial charge in [0.15, 0.2) is 11.5 Å². The van der Waals surface area contributed by atoms with Crippen LogP contribution >= 0.6 is 0 Å². The molecule has 2 aromatic carbocycles. The molecule has 2 heterocycles. The number of nitrogens with zero attached hydrogens (tertiary/aromatic N) is 4. The second-order valence-corrected chi connectivity index (χ2v) is 6.41. The Kier molecular flexibility index (Phi) is 5.03. The SMILES string of the molecule is COc1ccc(/C=C/C(=O)Nc2cccc(-c3ccc4nnc(C)n4n3)c2)cc1. The van der Waals surface area contributed by atoms with E-state index < -0.39 is 0 Å². The van der Waals surface area contributed by atoms with Crippen molar-refractivity contribution in [1.82, 2.24) is 19.8 Å². The molecule has 1 amide bonds. The largest absolute Gasteiger partial charge is 0.497 e. The lowest BCUT2D eigenvalue weighted by Crippen LogP contribution is -2.07. The maximum Gasteiger partial charge on any atom is 0.248 e. The molecule has 7 heteroatoms. The van der Waals surface area contributed by atoms with Crippen molar-refractivity contribution in [1.29, 1.82) is 0 Å². The summed E-state index contributed by atoms with van der Waals surface area (Å²) in [5, 5.41) is 15.5. The number of hydrogen-bond acceptors (Lipinski definition) is 5. The Labute approximate surface area is 167 Å². The average molecular weight is 385 g/mol. The summed E-state index contributed by atoms with van der Waals surface area (Å²) in [4.78, 5) is 12.3. The highest BCUT2D eigenvalue weighted by molar-refractivity contribution is 6.02. The van der Waals surface area contributed by atoms with Crippen LogP contribution in [-0.4, -0.2) is 32.8 Å². The molecule has 0 aliphatic heterocycles. The minimum absolute atomic E-state index is 0.212. The molecule has 0 saturated carbocycles. The van der Waals surface area contributed by atoms with Crippen molar-refractivity contribution in [2.75, 3.05) is 12.4 Å². The number of benzene rings is 2. The number of rotatable bonds is 5. The summed E-state index contributed by atoms with van der Waals surface area (Å²) in [7, 11) is 1.62. The normalized spacial score (nSPS) is 11.1. The predicted molar refractivity (Wildman–Crippen MR) is 112 cm³/mol. The second-order valence-electron chi connectivity index (χ2n) is 6.41. The van der Waals surface area contributed by atoms with Crippen LogP contribution < -0.4 is 10.1 Å². The van der Waals surface area contributed by atoms with Crippen molar-refractivity contribution in [2.45, 2.75) is 6.92 Å². The Balaban J connectivity index is 1.49. The lowest BCUT2D eigenvalue weighted by atomic mass is 10.1. The molecule has 0 radical (unpaired) electrons. The highest BCUT2D eigenvalue weighted by Gasteiger charge is 2.07. The van der Waals surface area contributed by atoms with E-state index in [0.29, 0.717) is 11.3 Å². The summed E-state index contributed by atoms with van der Waals surface area (Å²) in [5.74, 6) is 1.28. The van der Waals surface area contributed by atoms with E-state index in [2.05, 4.69) is 20.6 Å². The second kappa shape index (κ2) is 7.93. The summed E-state index contributed by atoms with van der Waals surface area (Å²) in [6.45, 7) is 1.85. The van der Waals surface area contributed by atoms with Gasteiger partial charge in [-0.15, -0.1) is 10.2 Å². The molecule has 0 fully saturated rings. The van der Waals surface area contributed by atoms with Gasteiger partial charge in [0.2, 0.25) is 5.91 Å². The smallest absolute Gasteiger partial charge is 0.248 e. The molecule has 7 nitrogen and oxygen atoms in total. The van der Waals surface area contributed by atoms with Gasteiger partial charge < -0.3 is 10.1 Å². The van der Waals surface area contributed by atoms with Gasteiger partial charge in [-0.25, -0.2) is 0 Å². The van der Waals surface area contributed by atoms with Crippen LogP contribution in [-0.2, 0) is 4.79 Å². The Bertz CT molecular complexity index is 1200. The standard InChI is InChI=1S/C22H19N5O2/c1-15-24-25-21-12-11-20(26-27(15)21)17-4-3-5-18(14-17)23-22(28)13-8-16-6-9-19(29-2)10-7-16/h3-14H,1-2H3,(H,23,28)/b13-8+. The quantitative estimate of drug-likeness (QED) is 0.529. The summed E-state index contributed by atoms with van der Waals surface area (Å²) >= 11 is 0. The molecule has 0 spiro atoms. The van der Waals surface area contributed by atoms with Crippen LogP contribution in [0.4, 0.5) is 5.69 Å². The van der Waals surface area contributed by atoms with Crippen molar-refractivity contribution in [3.8, 4) is 17.0 Å². The number of fused-ring (bicyclic) bond motifs is 1. The molecule has 29 heavy (non-hydrogen) atoms. The van der Waals surface area contributed by atoms with E-state index in [1.807, 2.05) is 67.6 Å². The van der Waals surface area contributed by atoms with Gasteiger partial charge in [-0.2, -0.15) is 9.61 Å². The van der Waals surface area contributed by atoms with Gasteiger partial charge in [-0.1, -0.05) is 24.3 Å². The lowest BCUT2D eigenvalue weighted by molar-refractivity contribution is -0.111. The van der Waals surface area contributed by atoms with Gasteiger partial charge in [0, 0.05) is 17.3 Å². The monoisotopic (exact) mass is 385 g/mol. The topological polar surface area (TPSA) is 81.4 Å². The van der Waals surface area contributed by atoms with Crippen LogP contribution in [0, 0.1) is 6.92 Å². The summed E-state index contributed by atoms with van der Waals surface area (Å²) in [5.41, 5.74) is 3.95. The number of hydrogen-bond donors (Lipinski definition) is 1. The van der Waals surface area contributed by atoms with Crippen LogP contribution in [0.15, 0.2) is 66.7 Å². The van der Waals surface area contributed by atoms with Gasteiger partial charge in [0.05, 0.1) is 12.8 Å². The number of aryl methyl sites for hydroxylation is 1. The first kappa shape index (κ1) is 18.4. The van der Waals surface area contributed by atoms with Crippen molar-refractivity contribution in [3.05, 3.63) is 78.1 Å². The highest BCUT2D eigenvalue weighted by atomic mass is 16.5. The Morgan fingerprint density at radius 3 is 2.69 bits per heavy atom. The van der Waals surface area contributed by atoms with E-state index in [-0.39, 0.29) is 5.91 Å². The van der Waals surface area contributed by atoms with E-state index in [4.69, 9.17) is 4.74 Å². The van der Waals surface area contributed by atoms with Crippen LogP contribution in [0.5, 0.6) is 5.75 Å². The summed E-state index contributed by atoms with van der Waals surface area (Å²) < 4.78 is 6.82. The number of methoxy groups -OCH3 is 1. The zero-order valence-electron chi connectivity index (χ0n) is 16.0. The van der Waals surface area contributed by atoms with Crippen molar-refractivity contribution in [2.24, 2.45) is 0 Å². The first-order valence-electron chi connectivity index (χ1n) is 9.05. The molecule has 1 N–H and O–H groups in total. The number of amides is 1. The molecule has 4 rings (SSSR count). The minimum atomic E-state index is -0.212. The molecule has 0 unspecified atom stereocenters. The molecular formula is C22H19N5O2. The predicted octanol–water partition coefficient (Wildman–Crippen LogP) is 3.76. The van der Waals surface area contributed by atoms with E-state index >= 15 is 0 Å². The summed E-state index contributed by atoms with van der Waals surface area (Å²) in [6.07, 6.45) is 3.25. The fourth-order valence-electron chi connectivity index (χ4n) is 2.88. The van der Waals surface area contributed by atoms with Gasteiger partial charge in [-0.05, 0) is 55.0 Å². The molecule has 0 saturated heterocycles. The highest BCUT2D eigenvalue weighted by Crippen LogP contribution is 2.21. The summed E-state index contributed by atoms with van der Waals surface area (Å²) in [6, 6.07) is 18.8. The zero-order chi connectivity index (χ0) is 20.2. The molecule has 0 aliphatic carbocycles. The lowest BCUT2D eigenvalue weighted by Gasteiger charge is -2.06. The van der Waals surface area contributed by atoms with Crippen molar-refractivity contribution >= 4 is 23.3 Å². The fourth-order valence-corrected chi connectivity index (χ4v) is 2.88. The third-order valence-corrected chi connectivity index (χ3v) is 4.39. The molecule has 4 aromatic rings. The maximum atomic E-state index is 12.3. The number of carbonyl (C=O) groups excluding carboxylic acids is 1. The van der Waals surface area contributed by atoms with Crippen LogP contribution in [0.25, 0.3) is 23.0 Å². The Hall–Kier alpha value is -4.00. The molecule has 0 bridgehead atoms. The van der Waals surface area contributed by atoms with Crippen LogP contribution in [0.1, 0.15) is 11.4 Å². The number of nitrogens with one attached hydrogen (secondary N) is 1.